The minimum absolute atomic E-state index is 0.806. The maximum Gasteiger partial charge on any atom is 0.126 e. The fourth-order valence-electron chi connectivity index (χ4n) is 2.41. The lowest BCUT2D eigenvalue weighted by Gasteiger charge is -2.07. The summed E-state index contributed by atoms with van der Waals surface area (Å²) in [7, 11) is 3.33. The Morgan fingerprint density at radius 1 is 0.864 bits per heavy atom. The number of fused-ring (bicyclic) bond motifs is 1. The van der Waals surface area contributed by atoms with Gasteiger partial charge in [-0.3, -0.25) is 4.98 Å². The van der Waals surface area contributed by atoms with Crippen molar-refractivity contribution in [3.8, 4) is 11.5 Å². The Hall–Kier alpha value is -2.81. The second-order valence-electron chi connectivity index (χ2n) is 4.86. The molecule has 0 saturated carbocycles. The molecule has 0 unspecified atom stereocenters. The standard InChI is InChI=1S/C19H17NO2/c1-21-16-9-10-19(22-2)15(13-16)8-7-14-11-12-20-18-6-4-3-5-17(14)18/h3-13H,1-2H3/b8-7-. The highest BCUT2D eigenvalue weighted by atomic mass is 16.5. The summed E-state index contributed by atoms with van der Waals surface area (Å²) in [6, 6.07) is 15.9. The Bertz CT molecular complexity index is 819. The number of aromatic nitrogens is 1. The van der Waals surface area contributed by atoms with Gasteiger partial charge in [-0.1, -0.05) is 30.4 Å². The van der Waals surface area contributed by atoms with Crippen molar-refractivity contribution in [2.45, 2.75) is 0 Å². The molecule has 0 fully saturated rings. The summed E-state index contributed by atoms with van der Waals surface area (Å²) in [6.45, 7) is 0. The van der Waals surface area contributed by atoms with Crippen LogP contribution in [0.4, 0.5) is 0 Å². The lowest BCUT2D eigenvalue weighted by Crippen LogP contribution is -1.89. The number of hydrogen-bond donors (Lipinski definition) is 0. The molecule has 3 nitrogen and oxygen atoms in total. The fraction of sp³-hybridized carbons (Fsp3) is 0.105. The SMILES string of the molecule is COc1ccc(OC)c(/C=C\c2ccnc3ccccc23)c1. The van der Waals surface area contributed by atoms with Crippen LogP contribution in [0.5, 0.6) is 11.5 Å². The van der Waals surface area contributed by atoms with E-state index in [1.54, 1.807) is 14.2 Å². The van der Waals surface area contributed by atoms with E-state index in [0.717, 1.165) is 33.5 Å². The van der Waals surface area contributed by atoms with E-state index in [1.807, 2.05) is 54.7 Å². The van der Waals surface area contributed by atoms with E-state index in [0.29, 0.717) is 0 Å². The summed E-state index contributed by atoms with van der Waals surface area (Å²) < 4.78 is 10.7. The molecule has 0 N–H and O–H groups in total. The Balaban J connectivity index is 2.03. The van der Waals surface area contributed by atoms with E-state index in [4.69, 9.17) is 9.47 Å². The molecule has 0 aliphatic rings. The third kappa shape index (κ3) is 2.79. The second-order valence-corrected chi connectivity index (χ2v) is 4.86. The molecule has 2 aromatic carbocycles. The average Bonchev–Trinajstić information content (AvgIpc) is 2.59. The van der Waals surface area contributed by atoms with Crippen molar-refractivity contribution in [3.05, 3.63) is 65.9 Å². The van der Waals surface area contributed by atoms with Gasteiger partial charge < -0.3 is 9.47 Å². The molecule has 1 heterocycles. The zero-order valence-electron chi connectivity index (χ0n) is 12.6. The predicted molar refractivity (Wildman–Crippen MR) is 90.2 cm³/mol. The Morgan fingerprint density at radius 2 is 1.68 bits per heavy atom. The van der Waals surface area contributed by atoms with E-state index >= 15 is 0 Å². The summed E-state index contributed by atoms with van der Waals surface area (Å²) in [6.07, 6.45) is 5.93. The van der Waals surface area contributed by atoms with Crippen LogP contribution in [0.3, 0.4) is 0 Å². The smallest absolute Gasteiger partial charge is 0.126 e. The zero-order valence-corrected chi connectivity index (χ0v) is 12.6. The van der Waals surface area contributed by atoms with Crippen molar-refractivity contribution in [2.75, 3.05) is 14.2 Å². The minimum Gasteiger partial charge on any atom is -0.497 e. The number of pyridine rings is 1. The number of ether oxygens (including phenoxy) is 2. The van der Waals surface area contributed by atoms with Crippen LogP contribution in [-0.4, -0.2) is 19.2 Å². The van der Waals surface area contributed by atoms with Gasteiger partial charge in [0.2, 0.25) is 0 Å². The Kier molecular flexibility index (Phi) is 4.05. The van der Waals surface area contributed by atoms with Crippen molar-refractivity contribution in [2.24, 2.45) is 0 Å². The largest absolute Gasteiger partial charge is 0.497 e. The van der Waals surface area contributed by atoms with Gasteiger partial charge in [0.05, 0.1) is 19.7 Å². The van der Waals surface area contributed by atoms with E-state index in [1.165, 1.54) is 0 Å². The van der Waals surface area contributed by atoms with Crippen LogP contribution >= 0.6 is 0 Å². The van der Waals surface area contributed by atoms with Crippen LogP contribution in [0.2, 0.25) is 0 Å². The number of benzene rings is 2. The Labute approximate surface area is 129 Å². The molecule has 110 valence electrons. The van der Waals surface area contributed by atoms with Gasteiger partial charge in [-0.05, 0) is 35.9 Å². The number of nitrogens with zero attached hydrogens (tertiary/aromatic N) is 1. The summed E-state index contributed by atoms with van der Waals surface area (Å²) in [5.41, 5.74) is 3.08. The first-order chi connectivity index (χ1) is 10.8. The van der Waals surface area contributed by atoms with E-state index in [-0.39, 0.29) is 0 Å². The van der Waals surface area contributed by atoms with E-state index in [9.17, 15) is 0 Å². The molecule has 0 aliphatic carbocycles. The van der Waals surface area contributed by atoms with Crippen LogP contribution in [0.1, 0.15) is 11.1 Å². The summed E-state index contributed by atoms with van der Waals surface area (Å²) in [4.78, 5) is 4.38. The molecule has 3 rings (SSSR count). The quantitative estimate of drug-likeness (QED) is 0.713. The molecule has 0 amide bonds. The molecule has 0 aliphatic heterocycles. The van der Waals surface area contributed by atoms with Gasteiger partial charge in [0.25, 0.3) is 0 Å². The van der Waals surface area contributed by atoms with E-state index in [2.05, 4.69) is 17.1 Å². The number of rotatable bonds is 4. The highest BCUT2D eigenvalue weighted by Crippen LogP contribution is 2.26. The van der Waals surface area contributed by atoms with Gasteiger partial charge in [0, 0.05) is 17.1 Å². The monoisotopic (exact) mass is 291 g/mol. The van der Waals surface area contributed by atoms with Crippen molar-refractivity contribution in [1.82, 2.24) is 4.98 Å². The second kappa shape index (κ2) is 6.31. The third-order valence-corrected chi connectivity index (χ3v) is 3.56. The van der Waals surface area contributed by atoms with Gasteiger partial charge in [-0.25, -0.2) is 0 Å². The number of hydrogen-bond acceptors (Lipinski definition) is 3. The van der Waals surface area contributed by atoms with Crippen molar-refractivity contribution < 1.29 is 9.47 Å². The van der Waals surface area contributed by atoms with Crippen molar-refractivity contribution >= 4 is 23.1 Å². The summed E-state index contributed by atoms with van der Waals surface area (Å²) >= 11 is 0. The maximum atomic E-state index is 5.40. The average molecular weight is 291 g/mol. The minimum atomic E-state index is 0.806. The topological polar surface area (TPSA) is 31.4 Å². The fourth-order valence-corrected chi connectivity index (χ4v) is 2.41. The van der Waals surface area contributed by atoms with Gasteiger partial charge in [-0.2, -0.15) is 0 Å². The molecule has 0 bridgehead atoms. The molecular weight excluding hydrogens is 274 g/mol. The highest BCUT2D eigenvalue weighted by Gasteiger charge is 2.03. The first kappa shape index (κ1) is 14.1. The summed E-state index contributed by atoms with van der Waals surface area (Å²) in [5.74, 6) is 1.62. The normalized spacial score (nSPS) is 11.0. The van der Waals surface area contributed by atoms with Crippen molar-refractivity contribution in [3.63, 3.8) is 0 Å². The zero-order chi connectivity index (χ0) is 15.4. The predicted octanol–water partition coefficient (Wildman–Crippen LogP) is 4.42. The highest BCUT2D eigenvalue weighted by molar-refractivity contribution is 5.90. The van der Waals surface area contributed by atoms with Crippen LogP contribution in [0.25, 0.3) is 23.1 Å². The third-order valence-electron chi connectivity index (χ3n) is 3.56. The van der Waals surface area contributed by atoms with Crippen LogP contribution < -0.4 is 9.47 Å². The number of methoxy groups -OCH3 is 2. The molecule has 0 atom stereocenters. The van der Waals surface area contributed by atoms with Crippen LogP contribution in [0.15, 0.2) is 54.7 Å². The maximum absolute atomic E-state index is 5.40. The summed E-state index contributed by atoms with van der Waals surface area (Å²) in [5, 5.41) is 1.13. The molecule has 3 heteroatoms. The molecule has 3 aromatic rings. The van der Waals surface area contributed by atoms with E-state index < -0.39 is 0 Å². The van der Waals surface area contributed by atoms with Crippen LogP contribution in [-0.2, 0) is 0 Å². The molecular formula is C19H17NO2. The molecule has 0 saturated heterocycles. The van der Waals surface area contributed by atoms with Crippen LogP contribution in [0, 0.1) is 0 Å². The molecule has 1 aromatic heterocycles. The van der Waals surface area contributed by atoms with Gasteiger partial charge in [0.1, 0.15) is 11.5 Å². The molecule has 0 radical (unpaired) electrons. The molecule has 0 spiro atoms. The van der Waals surface area contributed by atoms with Gasteiger partial charge in [-0.15, -0.1) is 0 Å². The first-order valence-corrected chi connectivity index (χ1v) is 7.05. The lowest BCUT2D eigenvalue weighted by molar-refractivity contribution is 0.402. The number of para-hydroxylation sites is 1. The Morgan fingerprint density at radius 3 is 2.50 bits per heavy atom. The van der Waals surface area contributed by atoms with Gasteiger partial charge >= 0.3 is 0 Å². The van der Waals surface area contributed by atoms with Gasteiger partial charge in [0.15, 0.2) is 0 Å². The molecule has 22 heavy (non-hydrogen) atoms. The first-order valence-electron chi connectivity index (χ1n) is 7.05. The lowest BCUT2D eigenvalue weighted by atomic mass is 10.1. The van der Waals surface area contributed by atoms with Crippen molar-refractivity contribution in [1.29, 1.82) is 0 Å².